The topological polar surface area (TPSA) is 91.8 Å². The van der Waals surface area contributed by atoms with Crippen LogP contribution in [-0.2, 0) is 0 Å². The minimum atomic E-state index is -1.02. The number of aromatic carboxylic acids is 1. The summed E-state index contributed by atoms with van der Waals surface area (Å²) in [6.07, 6.45) is 3.36. The lowest BCUT2D eigenvalue weighted by atomic mass is 10.1. The van der Waals surface area contributed by atoms with Gasteiger partial charge in [-0.1, -0.05) is 0 Å². The zero-order chi connectivity index (χ0) is 13.4. The quantitative estimate of drug-likeness (QED) is 0.730. The summed E-state index contributed by atoms with van der Waals surface area (Å²) >= 11 is 0. The molecule has 3 rings (SSSR count). The van der Waals surface area contributed by atoms with Gasteiger partial charge in [-0.05, 0) is 25.1 Å². The van der Waals surface area contributed by atoms with Crippen LogP contribution in [-0.4, -0.2) is 31.0 Å². The maximum Gasteiger partial charge on any atom is 0.352 e. The zero-order valence-corrected chi connectivity index (χ0v) is 10.1. The molecule has 19 heavy (non-hydrogen) atoms. The number of nitrogens with one attached hydrogen (secondary N) is 1. The van der Waals surface area contributed by atoms with E-state index in [1.165, 1.54) is 0 Å². The summed E-state index contributed by atoms with van der Waals surface area (Å²) in [4.78, 5) is 26.4. The van der Waals surface area contributed by atoms with Crippen molar-refractivity contribution >= 4 is 17.0 Å². The van der Waals surface area contributed by atoms with Crippen LogP contribution in [0, 0.1) is 6.92 Å². The fraction of sp³-hybridized carbons (Fsp3) is 0.0769. The van der Waals surface area contributed by atoms with Crippen molar-refractivity contribution < 1.29 is 9.90 Å². The van der Waals surface area contributed by atoms with Crippen molar-refractivity contribution in [2.75, 3.05) is 0 Å². The number of hydrogen-bond donors (Lipinski definition) is 2. The van der Waals surface area contributed by atoms with Crippen LogP contribution in [0.4, 0.5) is 0 Å². The van der Waals surface area contributed by atoms with E-state index in [9.17, 15) is 4.79 Å². The van der Waals surface area contributed by atoms with Gasteiger partial charge in [-0.25, -0.2) is 14.8 Å². The highest BCUT2D eigenvalue weighted by molar-refractivity contribution is 5.97. The minimum Gasteiger partial charge on any atom is -0.477 e. The molecule has 0 aliphatic carbocycles. The summed E-state index contributed by atoms with van der Waals surface area (Å²) in [5, 5.41) is 9.70. The molecule has 0 atom stereocenters. The molecular formula is C13H10N4O2. The van der Waals surface area contributed by atoms with Gasteiger partial charge in [0.15, 0.2) is 0 Å². The van der Waals surface area contributed by atoms with Crippen LogP contribution in [0.2, 0.25) is 0 Å². The average Bonchev–Trinajstić information content (AvgIpc) is 2.82. The van der Waals surface area contributed by atoms with E-state index < -0.39 is 5.97 Å². The second-order valence-corrected chi connectivity index (χ2v) is 4.11. The fourth-order valence-corrected chi connectivity index (χ4v) is 1.96. The molecule has 0 aromatic carbocycles. The van der Waals surface area contributed by atoms with Gasteiger partial charge in [0.1, 0.15) is 17.2 Å². The Morgan fingerprint density at radius 3 is 2.89 bits per heavy atom. The van der Waals surface area contributed by atoms with Gasteiger partial charge in [-0.15, -0.1) is 0 Å². The number of carboxylic acid groups (broad SMARTS) is 1. The van der Waals surface area contributed by atoms with Crippen LogP contribution in [0.3, 0.4) is 0 Å². The van der Waals surface area contributed by atoms with Crippen LogP contribution in [0.25, 0.3) is 22.3 Å². The van der Waals surface area contributed by atoms with Gasteiger partial charge >= 0.3 is 5.97 Å². The molecule has 0 saturated heterocycles. The van der Waals surface area contributed by atoms with Crippen LogP contribution < -0.4 is 0 Å². The number of H-pyrrole nitrogens is 1. The van der Waals surface area contributed by atoms with Crippen molar-refractivity contribution in [2.24, 2.45) is 0 Å². The number of aryl methyl sites for hydroxylation is 1. The van der Waals surface area contributed by atoms with E-state index in [1.54, 1.807) is 25.4 Å². The highest BCUT2D eigenvalue weighted by atomic mass is 16.4. The van der Waals surface area contributed by atoms with Crippen LogP contribution >= 0.6 is 0 Å². The van der Waals surface area contributed by atoms with Crippen LogP contribution in [0.5, 0.6) is 0 Å². The van der Waals surface area contributed by atoms with Crippen molar-refractivity contribution in [1.29, 1.82) is 0 Å². The van der Waals surface area contributed by atoms with E-state index in [0.717, 1.165) is 5.56 Å². The first-order valence-corrected chi connectivity index (χ1v) is 5.66. The van der Waals surface area contributed by atoms with Gasteiger partial charge in [0.2, 0.25) is 0 Å². The monoisotopic (exact) mass is 254 g/mol. The minimum absolute atomic E-state index is 0.0973. The van der Waals surface area contributed by atoms with Crippen molar-refractivity contribution in [3.05, 3.63) is 42.1 Å². The van der Waals surface area contributed by atoms with E-state index in [-0.39, 0.29) is 5.69 Å². The molecule has 0 amide bonds. The second kappa shape index (κ2) is 4.16. The van der Waals surface area contributed by atoms with Crippen molar-refractivity contribution in [2.45, 2.75) is 6.92 Å². The summed E-state index contributed by atoms with van der Waals surface area (Å²) < 4.78 is 0. The molecule has 2 N–H and O–H groups in total. The Hall–Kier alpha value is -2.76. The maximum atomic E-state index is 11.0. The van der Waals surface area contributed by atoms with E-state index in [1.807, 2.05) is 12.1 Å². The summed E-state index contributed by atoms with van der Waals surface area (Å²) in [6, 6.07) is 5.23. The first kappa shape index (κ1) is 11.3. The van der Waals surface area contributed by atoms with Crippen LogP contribution in [0.1, 0.15) is 16.3 Å². The molecule has 3 aromatic heterocycles. The van der Waals surface area contributed by atoms with E-state index in [4.69, 9.17) is 5.11 Å². The maximum absolute atomic E-state index is 11.0. The molecule has 0 aliphatic heterocycles. The Morgan fingerprint density at radius 2 is 2.21 bits per heavy atom. The van der Waals surface area contributed by atoms with Crippen molar-refractivity contribution in [3.63, 3.8) is 0 Å². The number of hydrogen-bond acceptors (Lipinski definition) is 4. The van der Waals surface area contributed by atoms with Crippen molar-refractivity contribution in [1.82, 2.24) is 19.9 Å². The summed E-state index contributed by atoms with van der Waals surface area (Å²) in [6.45, 7) is 1.76. The molecule has 0 saturated carbocycles. The Balaban J connectivity index is 2.32. The smallest absolute Gasteiger partial charge is 0.352 e. The molecular weight excluding hydrogens is 244 g/mol. The van der Waals surface area contributed by atoms with Gasteiger partial charge < -0.3 is 10.1 Å². The summed E-state index contributed by atoms with van der Waals surface area (Å²) in [5.74, 6) is -0.446. The van der Waals surface area contributed by atoms with Gasteiger partial charge in [0, 0.05) is 23.3 Å². The van der Waals surface area contributed by atoms with Gasteiger partial charge in [-0.3, -0.25) is 4.98 Å². The number of nitrogens with zero attached hydrogens (tertiary/aromatic N) is 3. The Kier molecular flexibility index (Phi) is 2.49. The SMILES string of the molecule is Cc1nc(-c2cccnc2)c2cc(C(=O)O)[nH]c2n1. The fourth-order valence-electron chi connectivity index (χ4n) is 1.96. The highest BCUT2D eigenvalue weighted by Gasteiger charge is 2.14. The number of aromatic nitrogens is 4. The molecule has 0 bridgehead atoms. The molecule has 0 aliphatic rings. The molecule has 0 unspecified atom stereocenters. The number of pyridine rings is 1. The van der Waals surface area contributed by atoms with Gasteiger partial charge in [0.25, 0.3) is 0 Å². The largest absolute Gasteiger partial charge is 0.477 e. The lowest BCUT2D eigenvalue weighted by molar-refractivity contribution is 0.0691. The standard InChI is InChI=1S/C13H10N4O2/c1-7-15-11(8-3-2-4-14-6-8)9-5-10(13(18)19)17-12(9)16-7/h2-6H,1H3,(H,18,19)(H,15,16,17). The first-order valence-electron chi connectivity index (χ1n) is 5.66. The average molecular weight is 254 g/mol. The number of fused-ring (bicyclic) bond motifs is 1. The molecule has 94 valence electrons. The number of aromatic amines is 1. The molecule has 0 radical (unpaired) electrons. The second-order valence-electron chi connectivity index (χ2n) is 4.11. The lowest BCUT2D eigenvalue weighted by Gasteiger charge is -2.02. The van der Waals surface area contributed by atoms with Crippen LogP contribution in [0.15, 0.2) is 30.6 Å². The third-order valence-electron chi connectivity index (χ3n) is 2.76. The third kappa shape index (κ3) is 1.93. The Morgan fingerprint density at radius 1 is 1.37 bits per heavy atom. The number of rotatable bonds is 2. The Labute approximate surface area is 108 Å². The first-order chi connectivity index (χ1) is 9.15. The third-order valence-corrected chi connectivity index (χ3v) is 2.76. The molecule has 0 spiro atoms. The summed E-state index contributed by atoms with van der Waals surface area (Å²) in [5.41, 5.74) is 2.12. The van der Waals surface area contributed by atoms with Crippen molar-refractivity contribution in [3.8, 4) is 11.3 Å². The number of carboxylic acids is 1. The van der Waals surface area contributed by atoms with E-state index >= 15 is 0 Å². The van der Waals surface area contributed by atoms with E-state index in [2.05, 4.69) is 19.9 Å². The molecule has 0 fully saturated rings. The number of carbonyl (C=O) groups is 1. The molecule has 3 heterocycles. The molecule has 6 heteroatoms. The zero-order valence-electron chi connectivity index (χ0n) is 10.1. The molecule has 3 aromatic rings. The highest BCUT2D eigenvalue weighted by Crippen LogP contribution is 2.26. The predicted molar refractivity (Wildman–Crippen MR) is 68.8 cm³/mol. The van der Waals surface area contributed by atoms with Gasteiger partial charge in [0.05, 0.1) is 5.69 Å². The predicted octanol–water partition coefficient (Wildman–Crippen LogP) is 2.03. The normalized spacial score (nSPS) is 10.8. The lowest BCUT2D eigenvalue weighted by Crippen LogP contribution is -1.95. The van der Waals surface area contributed by atoms with Gasteiger partial charge in [-0.2, -0.15) is 0 Å². The summed E-state index contributed by atoms with van der Waals surface area (Å²) in [7, 11) is 0. The molecule has 6 nitrogen and oxygen atoms in total. The Bertz CT molecular complexity index is 765. The van der Waals surface area contributed by atoms with E-state index in [0.29, 0.717) is 22.6 Å².